The highest BCUT2D eigenvalue weighted by atomic mass is 32.2. The number of piperidine rings is 1. The van der Waals surface area contributed by atoms with Gasteiger partial charge in [0.25, 0.3) is 0 Å². The van der Waals surface area contributed by atoms with Crippen LogP contribution in [0.15, 0.2) is 47.4 Å². The second-order valence-corrected chi connectivity index (χ2v) is 11.8. The van der Waals surface area contributed by atoms with Gasteiger partial charge in [-0.05, 0) is 87.4 Å². The number of hydrogen-bond donors (Lipinski definition) is 1. The third-order valence-electron chi connectivity index (χ3n) is 7.18. The Bertz CT molecular complexity index is 1230. The van der Waals surface area contributed by atoms with Crippen LogP contribution in [-0.4, -0.2) is 43.7 Å². The second-order valence-electron chi connectivity index (χ2n) is 9.86. The fourth-order valence-electron chi connectivity index (χ4n) is 5.11. The van der Waals surface area contributed by atoms with Gasteiger partial charge in [0.1, 0.15) is 0 Å². The van der Waals surface area contributed by atoms with Gasteiger partial charge in [-0.1, -0.05) is 12.1 Å². The number of anilines is 2. The summed E-state index contributed by atoms with van der Waals surface area (Å²) in [6, 6.07) is 12.8. The zero-order valence-corrected chi connectivity index (χ0v) is 20.5. The normalized spacial score (nSPS) is 21.4. The molecule has 0 bridgehead atoms. The minimum atomic E-state index is -3.66. The second kappa shape index (κ2) is 8.82. The predicted octanol–water partition coefficient (Wildman–Crippen LogP) is 3.72. The molecule has 2 aromatic rings. The Balaban J connectivity index is 1.25. The summed E-state index contributed by atoms with van der Waals surface area (Å²) >= 11 is 0. The Morgan fingerprint density at radius 3 is 2.38 bits per heavy atom. The lowest BCUT2D eigenvalue weighted by atomic mass is 9.97. The van der Waals surface area contributed by atoms with E-state index >= 15 is 0 Å². The molecule has 1 N–H and O–H groups in total. The molecule has 1 aliphatic carbocycles. The van der Waals surface area contributed by atoms with Gasteiger partial charge in [-0.2, -0.15) is 4.31 Å². The van der Waals surface area contributed by atoms with Crippen molar-refractivity contribution < 1.29 is 18.0 Å². The number of carbonyl (C=O) groups is 2. The van der Waals surface area contributed by atoms with E-state index in [1.54, 1.807) is 18.2 Å². The first kappa shape index (κ1) is 23.1. The summed E-state index contributed by atoms with van der Waals surface area (Å²) in [6.45, 7) is 4.62. The van der Waals surface area contributed by atoms with Crippen LogP contribution in [0, 0.1) is 18.8 Å². The van der Waals surface area contributed by atoms with Crippen LogP contribution in [-0.2, 0) is 26.0 Å². The first-order valence-electron chi connectivity index (χ1n) is 12.1. The topological polar surface area (TPSA) is 86.8 Å². The number of hydrogen-bond acceptors (Lipinski definition) is 4. The van der Waals surface area contributed by atoms with Crippen LogP contribution < -0.4 is 10.2 Å². The number of aryl methyl sites for hydroxylation is 1. The predicted molar refractivity (Wildman–Crippen MR) is 131 cm³/mol. The molecule has 34 heavy (non-hydrogen) atoms. The van der Waals surface area contributed by atoms with E-state index in [1.165, 1.54) is 4.31 Å². The molecule has 2 amide bonds. The number of rotatable bonds is 5. The van der Waals surface area contributed by atoms with Crippen molar-refractivity contribution in [3.05, 3.63) is 53.6 Å². The monoisotopic (exact) mass is 481 g/mol. The largest absolute Gasteiger partial charge is 0.326 e. The third kappa shape index (κ3) is 4.36. The van der Waals surface area contributed by atoms with E-state index in [-0.39, 0.29) is 34.6 Å². The number of nitrogens with one attached hydrogen (secondary N) is 1. The minimum Gasteiger partial charge on any atom is -0.326 e. The van der Waals surface area contributed by atoms with Crippen LogP contribution >= 0.6 is 0 Å². The molecule has 2 aliphatic heterocycles. The van der Waals surface area contributed by atoms with Crippen LogP contribution in [0.3, 0.4) is 0 Å². The van der Waals surface area contributed by atoms with Crippen LogP contribution in [0.4, 0.5) is 11.4 Å². The molecule has 1 saturated carbocycles. The highest BCUT2D eigenvalue weighted by Crippen LogP contribution is 2.40. The molecule has 5 rings (SSSR count). The first-order valence-corrected chi connectivity index (χ1v) is 13.5. The Labute approximate surface area is 201 Å². The van der Waals surface area contributed by atoms with Crippen molar-refractivity contribution in [2.75, 3.05) is 23.3 Å². The van der Waals surface area contributed by atoms with Crippen molar-refractivity contribution in [3.8, 4) is 0 Å². The Kier molecular flexibility index (Phi) is 5.98. The number of sulfonamides is 1. The van der Waals surface area contributed by atoms with Crippen LogP contribution in [0.25, 0.3) is 0 Å². The van der Waals surface area contributed by atoms with Gasteiger partial charge >= 0.3 is 0 Å². The van der Waals surface area contributed by atoms with Crippen LogP contribution in [0.1, 0.15) is 43.7 Å². The summed E-state index contributed by atoms with van der Waals surface area (Å²) < 4.78 is 28.2. The standard InChI is InChI=1S/C26H31N3O4S/c1-17-4-3-5-22(14-17)27-25(30)19-10-12-28(13-11-19)34(32,33)23-8-9-24-21(16-23)15-18(2)29(24)26(31)20-6-7-20/h3-5,8-9,14,16,18-20H,6-7,10-13,15H2,1-2H3,(H,27,30)/t18-/m1/s1. The average Bonchev–Trinajstić information content (AvgIpc) is 3.60. The van der Waals surface area contributed by atoms with E-state index in [0.29, 0.717) is 32.4 Å². The molecule has 1 saturated heterocycles. The van der Waals surface area contributed by atoms with Gasteiger partial charge in [0.05, 0.1) is 4.90 Å². The smallest absolute Gasteiger partial charge is 0.243 e. The molecular formula is C26H31N3O4S. The zero-order chi connectivity index (χ0) is 24.0. The van der Waals surface area contributed by atoms with E-state index in [9.17, 15) is 18.0 Å². The molecule has 3 aliphatic rings. The number of benzene rings is 2. The SMILES string of the molecule is Cc1cccc(NC(=O)C2CCN(S(=O)(=O)c3ccc4c(c3)C[C@@H](C)N4C(=O)C3CC3)CC2)c1. The fraction of sp³-hybridized carbons (Fsp3) is 0.462. The van der Waals surface area contributed by atoms with Gasteiger partial charge in [0, 0.05) is 42.3 Å². The molecule has 2 aromatic carbocycles. The minimum absolute atomic E-state index is 0.0451. The van der Waals surface area contributed by atoms with E-state index in [4.69, 9.17) is 0 Å². The molecule has 0 radical (unpaired) electrons. The Hall–Kier alpha value is -2.71. The Morgan fingerprint density at radius 1 is 0.971 bits per heavy atom. The maximum atomic E-state index is 13.4. The number of carbonyl (C=O) groups excluding carboxylic acids is 2. The van der Waals surface area contributed by atoms with Gasteiger partial charge in [-0.3, -0.25) is 9.59 Å². The summed E-state index contributed by atoms with van der Waals surface area (Å²) in [4.78, 5) is 27.5. The van der Waals surface area contributed by atoms with Crippen molar-refractivity contribution in [1.82, 2.24) is 4.31 Å². The van der Waals surface area contributed by atoms with Gasteiger partial charge in [-0.15, -0.1) is 0 Å². The van der Waals surface area contributed by atoms with Gasteiger partial charge in [-0.25, -0.2) is 8.42 Å². The molecular weight excluding hydrogens is 450 g/mol. The highest BCUT2D eigenvalue weighted by Gasteiger charge is 2.40. The van der Waals surface area contributed by atoms with Crippen molar-refractivity contribution in [2.45, 2.75) is 56.9 Å². The maximum Gasteiger partial charge on any atom is 0.243 e. The molecule has 2 fully saturated rings. The van der Waals surface area contributed by atoms with Gasteiger partial charge < -0.3 is 10.2 Å². The summed E-state index contributed by atoms with van der Waals surface area (Å²) in [5.41, 5.74) is 3.59. The number of fused-ring (bicyclic) bond motifs is 1. The molecule has 0 spiro atoms. The van der Waals surface area contributed by atoms with E-state index < -0.39 is 10.0 Å². The van der Waals surface area contributed by atoms with E-state index in [1.807, 2.05) is 43.0 Å². The highest BCUT2D eigenvalue weighted by molar-refractivity contribution is 7.89. The van der Waals surface area contributed by atoms with E-state index in [0.717, 1.165) is 35.3 Å². The summed E-state index contributed by atoms with van der Waals surface area (Å²) in [6.07, 6.45) is 3.54. The summed E-state index contributed by atoms with van der Waals surface area (Å²) in [5, 5.41) is 2.96. The van der Waals surface area contributed by atoms with Gasteiger partial charge in [0.15, 0.2) is 0 Å². The molecule has 180 valence electrons. The maximum absolute atomic E-state index is 13.4. The fourth-order valence-corrected chi connectivity index (χ4v) is 6.63. The molecule has 1 atom stereocenters. The first-order chi connectivity index (χ1) is 16.2. The average molecular weight is 482 g/mol. The molecule has 2 heterocycles. The van der Waals surface area contributed by atoms with Crippen molar-refractivity contribution >= 4 is 33.2 Å². The zero-order valence-electron chi connectivity index (χ0n) is 19.7. The van der Waals surface area contributed by atoms with Crippen LogP contribution in [0.2, 0.25) is 0 Å². The van der Waals surface area contributed by atoms with Crippen molar-refractivity contribution in [3.63, 3.8) is 0 Å². The lowest BCUT2D eigenvalue weighted by Crippen LogP contribution is -2.41. The lowest BCUT2D eigenvalue weighted by molar-refractivity contribution is -0.121. The molecule has 8 heteroatoms. The molecule has 0 aromatic heterocycles. The summed E-state index contributed by atoms with van der Waals surface area (Å²) in [7, 11) is -3.66. The Morgan fingerprint density at radius 2 is 1.71 bits per heavy atom. The van der Waals surface area contributed by atoms with Crippen molar-refractivity contribution in [1.29, 1.82) is 0 Å². The summed E-state index contributed by atoms with van der Waals surface area (Å²) in [5.74, 6) is 0.0125. The van der Waals surface area contributed by atoms with E-state index in [2.05, 4.69) is 5.32 Å². The van der Waals surface area contributed by atoms with Crippen molar-refractivity contribution in [2.24, 2.45) is 11.8 Å². The van der Waals surface area contributed by atoms with Crippen LogP contribution in [0.5, 0.6) is 0 Å². The lowest BCUT2D eigenvalue weighted by Gasteiger charge is -2.30. The molecule has 0 unspecified atom stereocenters. The third-order valence-corrected chi connectivity index (χ3v) is 9.07. The number of nitrogens with zero attached hydrogens (tertiary/aromatic N) is 2. The quantitative estimate of drug-likeness (QED) is 0.705. The molecule has 7 nitrogen and oxygen atoms in total. The number of amides is 2. The van der Waals surface area contributed by atoms with Gasteiger partial charge in [0.2, 0.25) is 21.8 Å².